The number of nitrogens with one attached hydrogen (secondary N) is 1. The lowest BCUT2D eigenvalue weighted by molar-refractivity contribution is 0.184. The second-order valence-electron chi connectivity index (χ2n) is 4.93. The van der Waals surface area contributed by atoms with Gasteiger partial charge in [-0.05, 0) is 50.2 Å². The number of halogens is 1. The number of thioether (sulfide) groups is 1. The predicted octanol–water partition coefficient (Wildman–Crippen LogP) is 2.99. The molecule has 0 saturated carbocycles. The molecule has 1 atom stereocenters. The van der Waals surface area contributed by atoms with Crippen molar-refractivity contribution in [1.29, 1.82) is 0 Å². The summed E-state index contributed by atoms with van der Waals surface area (Å²) in [6.07, 6.45) is 2.59. The van der Waals surface area contributed by atoms with E-state index in [2.05, 4.69) is 17.1 Å². The van der Waals surface area contributed by atoms with Crippen LogP contribution in [-0.4, -0.2) is 42.9 Å². The van der Waals surface area contributed by atoms with Crippen LogP contribution in [-0.2, 0) is 0 Å². The molecule has 0 aliphatic carbocycles. The molecule has 1 aliphatic heterocycles. The number of benzene rings is 1. The summed E-state index contributed by atoms with van der Waals surface area (Å²) in [5.74, 6) is 0.906. The van der Waals surface area contributed by atoms with Crippen molar-refractivity contribution in [2.75, 3.05) is 31.9 Å². The Labute approximate surface area is 119 Å². The number of hydrogen-bond donors (Lipinski definition) is 1. The van der Waals surface area contributed by atoms with Crippen LogP contribution >= 0.6 is 11.8 Å². The maximum Gasteiger partial charge on any atom is 0.123 e. The number of nitrogens with zero attached hydrogens (tertiary/aromatic N) is 1. The van der Waals surface area contributed by atoms with E-state index in [1.807, 2.05) is 23.9 Å². The van der Waals surface area contributed by atoms with Gasteiger partial charge in [0.15, 0.2) is 0 Å². The molecule has 0 radical (unpaired) electrons. The minimum atomic E-state index is -0.159. The molecule has 0 spiro atoms. The van der Waals surface area contributed by atoms with Crippen molar-refractivity contribution in [2.24, 2.45) is 0 Å². The molecule has 106 valence electrons. The van der Waals surface area contributed by atoms with Crippen LogP contribution in [0.25, 0.3) is 0 Å². The summed E-state index contributed by atoms with van der Waals surface area (Å²) >= 11 is 1.81. The summed E-state index contributed by atoms with van der Waals surface area (Å²) in [6.45, 7) is 6.73. The highest BCUT2D eigenvalue weighted by Crippen LogP contribution is 2.19. The normalized spacial score (nSPS) is 19.8. The van der Waals surface area contributed by atoms with Gasteiger partial charge in [-0.3, -0.25) is 4.90 Å². The Morgan fingerprint density at radius 1 is 1.37 bits per heavy atom. The standard InChI is InChI=1S/C15H23FN2S/c1-2-18(14-4-3-9-17-12-14)10-11-19-15-7-5-13(16)6-8-15/h5-8,14,17H,2-4,9-12H2,1H3. The molecule has 1 N–H and O–H groups in total. The topological polar surface area (TPSA) is 15.3 Å². The van der Waals surface area contributed by atoms with Gasteiger partial charge in [-0.1, -0.05) is 6.92 Å². The van der Waals surface area contributed by atoms with Crippen molar-refractivity contribution >= 4 is 11.8 Å². The van der Waals surface area contributed by atoms with E-state index in [0.717, 1.165) is 30.3 Å². The zero-order chi connectivity index (χ0) is 13.5. The molecule has 1 aromatic carbocycles. The maximum atomic E-state index is 12.8. The van der Waals surface area contributed by atoms with Gasteiger partial charge < -0.3 is 5.32 Å². The molecular weight excluding hydrogens is 259 g/mol. The van der Waals surface area contributed by atoms with E-state index in [-0.39, 0.29) is 5.82 Å². The highest BCUT2D eigenvalue weighted by atomic mass is 32.2. The van der Waals surface area contributed by atoms with Gasteiger partial charge in [-0.25, -0.2) is 4.39 Å². The average molecular weight is 282 g/mol. The van der Waals surface area contributed by atoms with Crippen molar-refractivity contribution in [3.63, 3.8) is 0 Å². The Bertz CT molecular complexity index is 363. The molecule has 0 amide bonds. The van der Waals surface area contributed by atoms with E-state index >= 15 is 0 Å². The smallest absolute Gasteiger partial charge is 0.123 e. The van der Waals surface area contributed by atoms with Crippen LogP contribution in [0, 0.1) is 5.82 Å². The lowest BCUT2D eigenvalue weighted by Crippen LogP contribution is -2.46. The van der Waals surface area contributed by atoms with Crippen molar-refractivity contribution in [2.45, 2.75) is 30.7 Å². The summed E-state index contributed by atoms with van der Waals surface area (Å²) in [7, 11) is 0. The quantitative estimate of drug-likeness (QED) is 0.808. The maximum absolute atomic E-state index is 12.8. The predicted molar refractivity (Wildman–Crippen MR) is 80.3 cm³/mol. The van der Waals surface area contributed by atoms with Crippen LogP contribution in [0.1, 0.15) is 19.8 Å². The number of piperidine rings is 1. The molecule has 2 nitrogen and oxygen atoms in total. The number of rotatable bonds is 6. The molecule has 0 bridgehead atoms. The molecule has 1 fully saturated rings. The van der Waals surface area contributed by atoms with Gasteiger partial charge in [-0.15, -0.1) is 11.8 Å². The lowest BCUT2D eigenvalue weighted by atomic mass is 10.1. The minimum Gasteiger partial charge on any atom is -0.315 e. The molecular formula is C15H23FN2S. The Morgan fingerprint density at radius 2 is 2.16 bits per heavy atom. The molecule has 2 rings (SSSR count). The van der Waals surface area contributed by atoms with Gasteiger partial charge in [0.2, 0.25) is 0 Å². The second kappa shape index (κ2) is 7.88. The summed E-state index contributed by atoms with van der Waals surface area (Å²) in [5, 5.41) is 3.47. The minimum absolute atomic E-state index is 0.159. The molecule has 1 saturated heterocycles. The van der Waals surface area contributed by atoms with Crippen molar-refractivity contribution < 1.29 is 4.39 Å². The SMILES string of the molecule is CCN(CCSc1ccc(F)cc1)C1CCCNC1. The van der Waals surface area contributed by atoms with Crippen LogP contribution in [0.5, 0.6) is 0 Å². The first-order chi connectivity index (χ1) is 9.29. The monoisotopic (exact) mass is 282 g/mol. The first kappa shape index (κ1) is 14.8. The number of likely N-dealkylation sites (N-methyl/N-ethyl adjacent to an activating group) is 1. The van der Waals surface area contributed by atoms with Crippen LogP contribution in [0.3, 0.4) is 0 Å². The van der Waals surface area contributed by atoms with Crippen LogP contribution in [0.15, 0.2) is 29.2 Å². The number of hydrogen-bond acceptors (Lipinski definition) is 3. The van der Waals surface area contributed by atoms with E-state index in [4.69, 9.17) is 0 Å². The van der Waals surface area contributed by atoms with Crippen LogP contribution in [0.2, 0.25) is 0 Å². The highest BCUT2D eigenvalue weighted by molar-refractivity contribution is 7.99. The van der Waals surface area contributed by atoms with Gasteiger partial charge >= 0.3 is 0 Å². The Kier molecular flexibility index (Phi) is 6.14. The largest absolute Gasteiger partial charge is 0.315 e. The summed E-state index contributed by atoms with van der Waals surface area (Å²) in [5.41, 5.74) is 0. The van der Waals surface area contributed by atoms with E-state index < -0.39 is 0 Å². The second-order valence-corrected chi connectivity index (χ2v) is 6.10. The van der Waals surface area contributed by atoms with Crippen LogP contribution < -0.4 is 5.32 Å². The van der Waals surface area contributed by atoms with Crippen molar-refractivity contribution in [3.05, 3.63) is 30.1 Å². The van der Waals surface area contributed by atoms with Crippen LogP contribution in [0.4, 0.5) is 4.39 Å². The Hall–Kier alpha value is -0.580. The average Bonchev–Trinajstić information content (AvgIpc) is 2.46. The summed E-state index contributed by atoms with van der Waals surface area (Å²) in [4.78, 5) is 3.71. The van der Waals surface area contributed by atoms with E-state index in [1.165, 1.54) is 31.5 Å². The first-order valence-corrected chi connectivity index (χ1v) is 8.11. The molecule has 1 aromatic rings. The summed E-state index contributed by atoms with van der Waals surface area (Å²) in [6, 6.07) is 7.47. The fraction of sp³-hybridized carbons (Fsp3) is 0.600. The fourth-order valence-corrected chi connectivity index (χ4v) is 3.45. The highest BCUT2D eigenvalue weighted by Gasteiger charge is 2.18. The van der Waals surface area contributed by atoms with E-state index in [9.17, 15) is 4.39 Å². The van der Waals surface area contributed by atoms with Gasteiger partial charge in [-0.2, -0.15) is 0 Å². The van der Waals surface area contributed by atoms with Gasteiger partial charge in [0.1, 0.15) is 5.82 Å². The Morgan fingerprint density at radius 3 is 2.79 bits per heavy atom. The van der Waals surface area contributed by atoms with Gasteiger partial charge in [0.25, 0.3) is 0 Å². The van der Waals surface area contributed by atoms with Crippen molar-refractivity contribution in [1.82, 2.24) is 10.2 Å². The Balaban J connectivity index is 1.74. The summed E-state index contributed by atoms with van der Waals surface area (Å²) < 4.78 is 12.8. The zero-order valence-corrected chi connectivity index (χ0v) is 12.4. The third-order valence-corrected chi connectivity index (χ3v) is 4.65. The molecule has 0 aromatic heterocycles. The van der Waals surface area contributed by atoms with E-state index in [0.29, 0.717) is 6.04 Å². The molecule has 1 heterocycles. The third-order valence-electron chi connectivity index (χ3n) is 3.65. The third kappa shape index (κ3) is 4.79. The molecule has 1 unspecified atom stereocenters. The fourth-order valence-electron chi connectivity index (χ4n) is 2.56. The van der Waals surface area contributed by atoms with Gasteiger partial charge in [0.05, 0.1) is 0 Å². The van der Waals surface area contributed by atoms with Gasteiger partial charge in [0, 0.05) is 29.8 Å². The molecule has 19 heavy (non-hydrogen) atoms. The lowest BCUT2D eigenvalue weighted by Gasteiger charge is -2.33. The molecule has 4 heteroatoms. The molecule has 1 aliphatic rings. The zero-order valence-electron chi connectivity index (χ0n) is 11.6. The first-order valence-electron chi connectivity index (χ1n) is 7.12. The van der Waals surface area contributed by atoms with E-state index in [1.54, 1.807) is 0 Å². The van der Waals surface area contributed by atoms with Crippen molar-refractivity contribution in [3.8, 4) is 0 Å².